The SMILES string of the molecule is [2H]c1c([2H])c([2H])c2c(-c3ccc(C4(c5cccc(Cl)c5)c5ccccc5-c5ccccc54)cc3)c([2H])c([2H])c([2H])c2c1[2H]. The predicted molar refractivity (Wildman–Crippen MR) is 152 cm³/mol. The van der Waals surface area contributed by atoms with Gasteiger partial charge in [-0.15, -0.1) is 0 Å². The van der Waals surface area contributed by atoms with Gasteiger partial charge in [0.25, 0.3) is 0 Å². The first-order chi connectivity index (χ1) is 20.7. The van der Waals surface area contributed by atoms with Crippen LogP contribution >= 0.6 is 11.6 Å². The second-order valence-electron chi connectivity index (χ2n) is 8.93. The van der Waals surface area contributed by atoms with Gasteiger partial charge in [-0.2, -0.15) is 0 Å². The minimum absolute atomic E-state index is 0.0554. The van der Waals surface area contributed by atoms with Gasteiger partial charge >= 0.3 is 0 Å². The second-order valence-corrected chi connectivity index (χ2v) is 9.37. The van der Waals surface area contributed by atoms with Crippen LogP contribution in [0.4, 0.5) is 0 Å². The van der Waals surface area contributed by atoms with Gasteiger partial charge in [0.05, 0.1) is 15.0 Å². The van der Waals surface area contributed by atoms with Crippen molar-refractivity contribution in [2.75, 3.05) is 0 Å². The highest BCUT2D eigenvalue weighted by Crippen LogP contribution is 2.56. The Morgan fingerprint density at radius 3 is 1.94 bits per heavy atom. The van der Waals surface area contributed by atoms with E-state index < -0.39 is 17.5 Å². The fraction of sp³-hybridized carbons (Fsp3) is 0.0286. The van der Waals surface area contributed by atoms with Crippen LogP contribution in [0.15, 0.2) is 139 Å². The second kappa shape index (κ2) is 8.22. The lowest BCUT2D eigenvalue weighted by molar-refractivity contribution is 0.768. The van der Waals surface area contributed by atoms with E-state index in [4.69, 9.17) is 21.2 Å². The molecule has 36 heavy (non-hydrogen) atoms. The Hall–Kier alpha value is -4.13. The minimum atomic E-state index is -0.697. The minimum Gasteiger partial charge on any atom is -0.0843 e. The van der Waals surface area contributed by atoms with E-state index in [9.17, 15) is 0 Å². The van der Waals surface area contributed by atoms with Crippen LogP contribution in [0.1, 0.15) is 31.8 Å². The summed E-state index contributed by atoms with van der Waals surface area (Å²) < 4.78 is 59.2. The van der Waals surface area contributed by atoms with Crippen LogP contribution in [0.2, 0.25) is 5.02 Å². The third-order valence-corrected chi connectivity index (χ3v) is 7.36. The molecule has 1 aliphatic carbocycles. The van der Waals surface area contributed by atoms with Crippen molar-refractivity contribution in [1.29, 1.82) is 0 Å². The number of rotatable bonds is 3. The first-order valence-electron chi connectivity index (χ1n) is 15.2. The molecule has 0 bridgehead atoms. The molecule has 1 aliphatic rings. The molecular weight excluding hydrogens is 456 g/mol. The van der Waals surface area contributed by atoms with E-state index in [1.165, 1.54) is 0 Å². The summed E-state index contributed by atoms with van der Waals surface area (Å²) >= 11 is 6.57. The summed E-state index contributed by atoms with van der Waals surface area (Å²) in [6, 6.07) is 29.5. The lowest BCUT2D eigenvalue weighted by Gasteiger charge is -2.34. The van der Waals surface area contributed by atoms with Gasteiger partial charge in [0.15, 0.2) is 0 Å². The van der Waals surface area contributed by atoms with Crippen LogP contribution < -0.4 is 0 Å². The molecule has 7 rings (SSSR count). The van der Waals surface area contributed by atoms with E-state index in [0.29, 0.717) is 10.6 Å². The van der Waals surface area contributed by atoms with Crippen molar-refractivity contribution in [2.45, 2.75) is 5.41 Å². The highest BCUT2D eigenvalue weighted by Gasteiger charge is 2.45. The van der Waals surface area contributed by atoms with Crippen LogP contribution in [0, 0.1) is 0 Å². The van der Waals surface area contributed by atoms with E-state index in [1.54, 1.807) is 0 Å². The molecule has 0 spiro atoms. The number of benzene rings is 6. The Kier molecular flexibility index (Phi) is 3.45. The third kappa shape index (κ3) is 3.02. The molecule has 0 fully saturated rings. The van der Waals surface area contributed by atoms with Gasteiger partial charge in [-0.25, -0.2) is 0 Å². The van der Waals surface area contributed by atoms with Gasteiger partial charge in [0.1, 0.15) is 0 Å². The Morgan fingerprint density at radius 2 is 1.22 bits per heavy atom. The molecule has 0 radical (unpaired) electrons. The van der Waals surface area contributed by atoms with Gasteiger partial charge in [-0.1, -0.05) is 139 Å². The molecule has 0 aromatic heterocycles. The van der Waals surface area contributed by atoms with Crippen molar-refractivity contribution < 1.29 is 9.60 Å². The van der Waals surface area contributed by atoms with Crippen molar-refractivity contribution in [2.24, 2.45) is 0 Å². The largest absolute Gasteiger partial charge is 0.0843 e. The molecule has 6 aromatic carbocycles. The highest BCUT2D eigenvalue weighted by molar-refractivity contribution is 6.30. The zero-order valence-electron chi connectivity index (χ0n) is 26.1. The number of hydrogen-bond acceptors (Lipinski definition) is 0. The van der Waals surface area contributed by atoms with E-state index in [0.717, 1.165) is 33.4 Å². The monoisotopic (exact) mass is 485 g/mol. The van der Waals surface area contributed by atoms with Crippen molar-refractivity contribution in [3.05, 3.63) is 167 Å². The lowest BCUT2D eigenvalue weighted by Crippen LogP contribution is -2.28. The number of fused-ring (bicyclic) bond motifs is 4. The quantitative estimate of drug-likeness (QED) is 0.233. The molecule has 6 aromatic rings. The lowest BCUT2D eigenvalue weighted by atomic mass is 9.67. The molecule has 0 heterocycles. The molecule has 0 amide bonds. The van der Waals surface area contributed by atoms with Crippen molar-refractivity contribution >= 4 is 22.4 Å². The smallest absolute Gasteiger partial charge is 0.0714 e. The fourth-order valence-electron chi connectivity index (χ4n) is 5.66. The average Bonchev–Trinajstić information content (AvgIpc) is 3.33. The average molecular weight is 486 g/mol. The summed E-state index contributed by atoms with van der Waals surface area (Å²) in [5.74, 6) is 0. The first kappa shape index (κ1) is 15.1. The maximum Gasteiger partial charge on any atom is 0.0714 e. The third-order valence-electron chi connectivity index (χ3n) is 7.13. The maximum absolute atomic E-state index is 8.78. The molecule has 0 saturated carbocycles. The van der Waals surface area contributed by atoms with Gasteiger partial charge in [0, 0.05) is 5.02 Å². The summed E-state index contributed by atoms with van der Waals surface area (Å²) in [6.45, 7) is 0. The molecule has 1 heteroatoms. The van der Waals surface area contributed by atoms with Gasteiger partial charge in [-0.3, -0.25) is 0 Å². The molecular formula is C35H23Cl. The zero-order chi connectivity index (χ0) is 30.2. The summed E-state index contributed by atoms with van der Waals surface area (Å²) in [5.41, 5.74) is 6.46. The van der Waals surface area contributed by atoms with Crippen LogP contribution in [0.25, 0.3) is 33.0 Å². The Morgan fingerprint density at radius 1 is 0.556 bits per heavy atom. The normalized spacial score (nSPS) is 16.1. The van der Waals surface area contributed by atoms with Crippen LogP contribution in [0.5, 0.6) is 0 Å². The maximum atomic E-state index is 8.78. The number of hydrogen-bond donors (Lipinski definition) is 0. The van der Waals surface area contributed by atoms with E-state index >= 15 is 0 Å². The van der Waals surface area contributed by atoms with Crippen molar-refractivity contribution in [1.82, 2.24) is 0 Å². The van der Waals surface area contributed by atoms with Crippen LogP contribution in [-0.4, -0.2) is 0 Å². The Bertz CT molecular complexity index is 2070. The molecule has 0 unspecified atom stereocenters. The summed E-state index contributed by atoms with van der Waals surface area (Å²) in [5, 5.41) is 0.638. The molecule has 0 N–H and O–H groups in total. The first-order valence-corrected chi connectivity index (χ1v) is 12.1. The molecule has 170 valence electrons. The topological polar surface area (TPSA) is 0 Å². The van der Waals surface area contributed by atoms with Gasteiger partial charge in [-0.05, 0) is 67.4 Å². The van der Waals surface area contributed by atoms with E-state index in [1.807, 2.05) is 66.7 Å². The van der Waals surface area contributed by atoms with Crippen LogP contribution in [0.3, 0.4) is 0 Å². The van der Waals surface area contributed by atoms with Gasteiger partial charge < -0.3 is 0 Å². The van der Waals surface area contributed by atoms with Gasteiger partial charge in [0.2, 0.25) is 0 Å². The van der Waals surface area contributed by atoms with Crippen molar-refractivity contribution in [3.8, 4) is 22.3 Å². The molecule has 0 atom stereocenters. The molecule has 0 aliphatic heterocycles. The van der Waals surface area contributed by atoms with Crippen molar-refractivity contribution in [3.63, 3.8) is 0 Å². The summed E-state index contributed by atoms with van der Waals surface area (Å²) in [7, 11) is 0. The molecule has 0 saturated heterocycles. The Labute approximate surface area is 226 Å². The number of halogens is 1. The van der Waals surface area contributed by atoms with E-state index in [-0.39, 0.29) is 46.5 Å². The molecule has 0 nitrogen and oxygen atoms in total. The highest BCUT2D eigenvalue weighted by atomic mass is 35.5. The Balaban J connectivity index is 1.53. The predicted octanol–water partition coefficient (Wildman–Crippen LogP) is 9.52. The summed E-state index contributed by atoms with van der Waals surface area (Å²) in [4.78, 5) is 0. The zero-order valence-corrected chi connectivity index (χ0v) is 19.9. The standard InChI is InChI=1S/C35H23Cl/c36-28-12-8-11-27(23-28)35(33-17-5-3-14-31(33)32-15-4-6-18-34(32)35)26-21-19-25(20-22-26)30-16-7-10-24-9-1-2-13-29(24)30/h1-23H/i1D,2D,7D,9D,10D,13D,16D. The summed E-state index contributed by atoms with van der Waals surface area (Å²) in [6.07, 6.45) is 0. The fourth-order valence-corrected chi connectivity index (χ4v) is 5.85. The van der Waals surface area contributed by atoms with Crippen LogP contribution in [-0.2, 0) is 5.41 Å². The van der Waals surface area contributed by atoms with E-state index in [2.05, 4.69) is 30.3 Å².